The van der Waals surface area contributed by atoms with E-state index >= 15 is 0 Å². The van der Waals surface area contributed by atoms with E-state index in [9.17, 15) is 4.79 Å². The lowest BCUT2D eigenvalue weighted by Crippen LogP contribution is -2.49. The number of carbonyl (C=O) groups is 1. The van der Waals surface area contributed by atoms with Crippen LogP contribution in [0.1, 0.15) is 5.89 Å². The number of para-hydroxylation sites is 2. The fourth-order valence-electron chi connectivity index (χ4n) is 3.06. The third-order valence-electron chi connectivity index (χ3n) is 4.43. The number of piperazine rings is 1. The van der Waals surface area contributed by atoms with Crippen LogP contribution in [0, 0.1) is 0 Å². The van der Waals surface area contributed by atoms with Gasteiger partial charge in [-0.1, -0.05) is 29.8 Å². The number of hydrogen-bond acceptors (Lipinski definition) is 4. The fraction of sp³-hybridized carbons (Fsp3) is 0.263. The number of oxazole rings is 1. The predicted molar refractivity (Wildman–Crippen MR) is 101 cm³/mol. The molecule has 0 aliphatic carbocycles. The van der Waals surface area contributed by atoms with Gasteiger partial charge in [0.2, 0.25) is 5.89 Å². The summed E-state index contributed by atoms with van der Waals surface area (Å²) >= 11 is 5.95. The molecule has 0 atom stereocenters. The molecule has 0 spiro atoms. The number of benzene rings is 2. The highest BCUT2D eigenvalue weighted by Crippen LogP contribution is 2.18. The summed E-state index contributed by atoms with van der Waals surface area (Å²) in [5.41, 5.74) is 2.39. The van der Waals surface area contributed by atoms with Gasteiger partial charge in [0, 0.05) is 36.9 Å². The van der Waals surface area contributed by atoms with E-state index in [2.05, 4.69) is 15.2 Å². The molecule has 6 nitrogen and oxygen atoms in total. The van der Waals surface area contributed by atoms with Crippen molar-refractivity contribution in [3.05, 3.63) is 59.4 Å². The SMILES string of the molecule is O=C(Nc1cccc(Cl)c1)N1CCN(Cc2nc3ccccc3o2)CC1. The van der Waals surface area contributed by atoms with Crippen molar-refractivity contribution in [3.63, 3.8) is 0 Å². The first-order valence-corrected chi connectivity index (χ1v) is 8.93. The van der Waals surface area contributed by atoms with E-state index in [1.54, 1.807) is 12.1 Å². The molecule has 134 valence electrons. The van der Waals surface area contributed by atoms with Gasteiger partial charge >= 0.3 is 6.03 Å². The van der Waals surface area contributed by atoms with Crippen molar-refractivity contribution in [2.45, 2.75) is 6.54 Å². The Morgan fingerprint density at radius 1 is 1.12 bits per heavy atom. The topological polar surface area (TPSA) is 61.6 Å². The number of fused-ring (bicyclic) bond motifs is 1. The van der Waals surface area contributed by atoms with E-state index in [0.29, 0.717) is 36.2 Å². The van der Waals surface area contributed by atoms with E-state index in [0.717, 1.165) is 24.2 Å². The molecule has 1 fully saturated rings. The van der Waals surface area contributed by atoms with E-state index in [1.165, 1.54) is 0 Å². The molecule has 1 aromatic heterocycles. The molecule has 1 aliphatic heterocycles. The number of hydrogen-bond donors (Lipinski definition) is 1. The second-order valence-corrected chi connectivity index (χ2v) is 6.72. The Morgan fingerprint density at radius 2 is 1.92 bits per heavy atom. The number of nitrogens with one attached hydrogen (secondary N) is 1. The zero-order valence-corrected chi connectivity index (χ0v) is 14.9. The first-order valence-electron chi connectivity index (χ1n) is 8.56. The quantitative estimate of drug-likeness (QED) is 0.761. The zero-order valence-electron chi connectivity index (χ0n) is 14.2. The van der Waals surface area contributed by atoms with Gasteiger partial charge < -0.3 is 14.6 Å². The Kier molecular flexibility index (Phi) is 4.77. The summed E-state index contributed by atoms with van der Waals surface area (Å²) in [6.07, 6.45) is 0. The molecule has 0 bridgehead atoms. The molecule has 3 aromatic rings. The lowest BCUT2D eigenvalue weighted by atomic mass is 10.3. The van der Waals surface area contributed by atoms with Gasteiger partial charge in [-0.2, -0.15) is 0 Å². The maximum absolute atomic E-state index is 12.4. The van der Waals surface area contributed by atoms with Crippen LogP contribution in [0.25, 0.3) is 11.1 Å². The average molecular weight is 371 g/mol. The summed E-state index contributed by atoms with van der Waals surface area (Å²) < 4.78 is 5.78. The molecule has 2 aromatic carbocycles. The molecule has 1 saturated heterocycles. The minimum Gasteiger partial charge on any atom is -0.439 e. The van der Waals surface area contributed by atoms with Crippen molar-refractivity contribution in [2.75, 3.05) is 31.5 Å². The first kappa shape index (κ1) is 16.9. The highest BCUT2D eigenvalue weighted by atomic mass is 35.5. The fourth-order valence-corrected chi connectivity index (χ4v) is 3.25. The maximum atomic E-state index is 12.4. The Morgan fingerprint density at radius 3 is 2.69 bits per heavy atom. The van der Waals surface area contributed by atoms with Crippen LogP contribution < -0.4 is 5.32 Å². The number of nitrogens with zero attached hydrogens (tertiary/aromatic N) is 3. The Labute approximate surface area is 156 Å². The highest BCUT2D eigenvalue weighted by molar-refractivity contribution is 6.30. The number of halogens is 1. The molecule has 0 unspecified atom stereocenters. The van der Waals surface area contributed by atoms with Gasteiger partial charge in [-0.3, -0.25) is 4.90 Å². The minimum absolute atomic E-state index is 0.103. The van der Waals surface area contributed by atoms with Crippen molar-refractivity contribution in [1.29, 1.82) is 0 Å². The summed E-state index contributed by atoms with van der Waals surface area (Å²) in [5, 5.41) is 3.49. The largest absolute Gasteiger partial charge is 0.439 e. The monoisotopic (exact) mass is 370 g/mol. The second-order valence-electron chi connectivity index (χ2n) is 6.28. The second kappa shape index (κ2) is 7.35. The smallest absolute Gasteiger partial charge is 0.321 e. The van der Waals surface area contributed by atoms with Crippen molar-refractivity contribution >= 4 is 34.4 Å². The third kappa shape index (κ3) is 3.81. The van der Waals surface area contributed by atoms with Gasteiger partial charge in [0.05, 0.1) is 6.54 Å². The lowest BCUT2D eigenvalue weighted by Gasteiger charge is -2.34. The van der Waals surface area contributed by atoms with Gasteiger partial charge in [0.15, 0.2) is 5.58 Å². The van der Waals surface area contributed by atoms with Crippen LogP contribution in [0.3, 0.4) is 0 Å². The normalized spacial score (nSPS) is 15.3. The molecule has 26 heavy (non-hydrogen) atoms. The standard InChI is InChI=1S/C19H19ClN4O2/c20-14-4-3-5-15(12-14)21-19(25)24-10-8-23(9-11-24)13-18-22-16-6-1-2-7-17(16)26-18/h1-7,12H,8-11,13H2,(H,21,25). The highest BCUT2D eigenvalue weighted by Gasteiger charge is 2.22. The molecular formula is C19H19ClN4O2. The Hall–Kier alpha value is -2.57. The molecule has 4 rings (SSSR count). The Balaban J connectivity index is 1.31. The number of aromatic nitrogens is 1. The van der Waals surface area contributed by atoms with E-state index in [4.69, 9.17) is 16.0 Å². The van der Waals surface area contributed by atoms with E-state index in [-0.39, 0.29) is 6.03 Å². The first-order chi connectivity index (χ1) is 12.7. The van der Waals surface area contributed by atoms with Crippen molar-refractivity contribution in [3.8, 4) is 0 Å². The number of amides is 2. The van der Waals surface area contributed by atoms with Crippen molar-refractivity contribution < 1.29 is 9.21 Å². The summed E-state index contributed by atoms with van der Waals surface area (Å²) in [6.45, 7) is 3.53. The maximum Gasteiger partial charge on any atom is 0.321 e. The number of urea groups is 1. The predicted octanol–water partition coefficient (Wildman–Crippen LogP) is 3.83. The average Bonchev–Trinajstić information content (AvgIpc) is 3.04. The zero-order chi connectivity index (χ0) is 17.9. The van der Waals surface area contributed by atoms with Crippen molar-refractivity contribution in [2.24, 2.45) is 0 Å². The van der Waals surface area contributed by atoms with Crippen LogP contribution in [-0.2, 0) is 6.54 Å². The lowest BCUT2D eigenvalue weighted by molar-refractivity contribution is 0.136. The summed E-state index contributed by atoms with van der Waals surface area (Å²) in [6, 6.07) is 14.8. The molecule has 1 N–H and O–H groups in total. The molecule has 1 aliphatic rings. The summed E-state index contributed by atoms with van der Waals surface area (Å²) in [4.78, 5) is 20.9. The van der Waals surface area contributed by atoms with E-state index < -0.39 is 0 Å². The molecule has 0 saturated carbocycles. The van der Waals surface area contributed by atoms with Crippen LogP contribution in [0.5, 0.6) is 0 Å². The molecule has 2 amide bonds. The summed E-state index contributed by atoms with van der Waals surface area (Å²) in [5.74, 6) is 0.711. The van der Waals surface area contributed by atoms with Crippen LogP contribution >= 0.6 is 11.6 Å². The van der Waals surface area contributed by atoms with Crippen LogP contribution in [0.4, 0.5) is 10.5 Å². The van der Waals surface area contributed by atoms with Gasteiger partial charge in [-0.05, 0) is 30.3 Å². The van der Waals surface area contributed by atoms with Gasteiger partial charge in [0.25, 0.3) is 0 Å². The summed E-state index contributed by atoms with van der Waals surface area (Å²) in [7, 11) is 0. The minimum atomic E-state index is -0.103. The van der Waals surface area contributed by atoms with Gasteiger partial charge in [-0.15, -0.1) is 0 Å². The Bertz CT molecular complexity index is 886. The van der Waals surface area contributed by atoms with Crippen LogP contribution in [-0.4, -0.2) is 47.0 Å². The molecule has 2 heterocycles. The molecular weight excluding hydrogens is 352 g/mol. The van der Waals surface area contributed by atoms with Gasteiger partial charge in [-0.25, -0.2) is 9.78 Å². The molecule has 0 radical (unpaired) electrons. The number of anilines is 1. The third-order valence-corrected chi connectivity index (χ3v) is 4.67. The molecule has 7 heteroatoms. The van der Waals surface area contributed by atoms with Crippen LogP contribution in [0.2, 0.25) is 5.02 Å². The van der Waals surface area contributed by atoms with E-state index in [1.807, 2.05) is 41.3 Å². The van der Waals surface area contributed by atoms with Crippen molar-refractivity contribution in [1.82, 2.24) is 14.8 Å². The van der Waals surface area contributed by atoms with Crippen LogP contribution in [0.15, 0.2) is 52.9 Å². The van der Waals surface area contributed by atoms with Gasteiger partial charge in [0.1, 0.15) is 5.52 Å². The number of rotatable bonds is 3. The number of carbonyl (C=O) groups excluding carboxylic acids is 1.